The second-order valence-corrected chi connectivity index (χ2v) is 23.3. The van der Waals surface area contributed by atoms with Gasteiger partial charge in [0.2, 0.25) is 0 Å². The van der Waals surface area contributed by atoms with Crippen molar-refractivity contribution < 1.29 is 13.4 Å². The van der Waals surface area contributed by atoms with Gasteiger partial charge in [-0.1, -0.05) is 47.6 Å². The van der Waals surface area contributed by atoms with E-state index in [1.165, 1.54) is 0 Å². The van der Waals surface area contributed by atoms with E-state index in [0.717, 1.165) is 0 Å². The molecule has 0 aromatic heterocycles. The molecular weight excluding hydrogens is 402 g/mol. The van der Waals surface area contributed by atoms with Crippen LogP contribution in [0.5, 0.6) is 0 Å². The summed E-state index contributed by atoms with van der Waals surface area (Å²) in [6, 6.07) is -0.237. The van der Waals surface area contributed by atoms with Crippen LogP contribution in [-0.4, -0.2) is 44.7 Å². The zero-order valence-electron chi connectivity index (χ0n) is 20.8. The lowest BCUT2D eigenvalue weighted by molar-refractivity contribution is 0.0937. The highest BCUT2D eigenvalue weighted by Crippen LogP contribution is 2.39. The van der Waals surface area contributed by atoms with Crippen LogP contribution in [0, 0.1) is 0 Å². The van der Waals surface area contributed by atoms with Gasteiger partial charge in [0.05, 0.1) is 18.8 Å². The lowest BCUT2D eigenvalue weighted by Crippen LogP contribution is -2.56. The van der Waals surface area contributed by atoms with Crippen LogP contribution in [0.4, 0.5) is 0 Å². The van der Waals surface area contributed by atoms with Crippen LogP contribution in [0.1, 0.15) is 62.3 Å². The molecule has 0 radical (unpaired) electrons. The van der Waals surface area contributed by atoms with E-state index < -0.39 is 28.0 Å². The fourth-order valence-electron chi connectivity index (χ4n) is 1.85. The summed E-state index contributed by atoms with van der Waals surface area (Å²) in [5, 5.41) is 0.205. The highest BCUT2D eigenvalue weighted by atomic mass is 32.2. The average molecular weight is 450 g/mol. The Balaban J connectivity index is 5.68. The van der Waals surface area contributed by atoms with Gasteiger partial charge in [-0.3, -0.25) is 0 Å². The smallest absolute Gasteiger partial charge is 0.192 e. The van der Waals surface area contributed by atoms with Crippen molar-refractivity contribution in [3.05, 3.63) is 12.7 Å². The summed E-state index contributed by atoms with van der Waals surface area (Å²) in [6.45, 7) is 32.8. The molecule has 28 heavy (non-hydrogen) atoms. The zero-order chi connectivity index (χ0) is 22.8. The Morgan fingerprint density at radius 2 is 1.36 bits per heavy atom. The van der Waals surface area contributed by atoms with Crippen molar-refractivity contribution in [2.45, 2.75) is 115 Å². The molecule has 0 heterocycles. The van der Waals surface area contributed by atoms with Crippen molar-refractivity contribution in [3.63, 3.8) is 0 Å². The summed E-state index contributed by atoms with van der Waals surface area (Å²) < 4.78 is 28.9. The zero-order valence-corrected chi connectivity index (χ0v) is 23.6. The van der Waals surface area contributed by atoms with Crippen LogP contribution in [0.2, 0.25) is 36.3 Å². The number of rotatable bonds is 9. The van der Waals surface area contributed by atoms with Crippen molar-refractivity contribution >= 4 is 28.0 Å². The van der Waals surface area contributed by atoms with Gasteiger partial charge in [-0.15, -0.1) is 11.3 Å². The Hall–Kier alpha value is 0.364. The Bertz CT molecular complexity index is 505. The van der Waals surface area contributed by atoms with Gasteiger partial charge in [0, 0.05) is 11.4 Å². The molecule has 0 amide bonds. The molecule has 0 aromatic carbocycles. The standard InChI is InChI=1S/C21H47NO3SSi2/c1-15-17(22-26(23)19(2,3)4)18(25-28(13,14)21(8,9)10)16-24-27(11,12)20(5,6)7/h15,17-18,22H,1,16H2,2-14H3/t17-,18+,26?/m0/s1. The van der Waals surface area contributed by atoms with Gasteiger partial charge in [0.1, 0.15) is 4.75 Å². The van der Waals surface area contributed by atoms with Crippen molar-refractivity contribution in [3.8, 4) is 0 Å². The molecule has 1 N–H and O–H groups in total. The second-order valence-electron chi connectivity index (χ2n) is 11.7. The van der Waals surface area contributed by atoms with Crippen LogP contribution >= 0.6 is 0 Å². The SMILES string of the molecule is C=C[C@H](N[S+]([O-])C(C)(C)C)[C@@H](CO[Si](C)(C)C(C)(C)C)O[Si](C)(C)C(C)(C)C. The lowest BCUT2D eigenvalue weighted by atomic mass is 10.2. The van der Waals surface area contributed by atoms with Crippen LogP contribution < -0.4 is 4.72 Å². The van der Waals surface area contributed by atoms with E-state index in [-0.39, 0.29) is 27.0 Å². The first-order valence-electron chi connectivity index (χ1n) is 10.3. The van der Waals surface area contributed by atoms with Gasteiger partial charge in [-0.05, 0) is 57.0 Å². The molecule has 0 spiro atoms. The van der Waals surface area contributed by atoms with Crippen LogP contribution in [0.3, 0.4) is 0 Å². The third-order valence-corrected chi connectivity index (χ3v) is 16.7. The molecule has 0 rings (SSSR count). The summed E-state index contributed by atoms with van der Waals surface area (Å²) >= 11 is -1.21. The fourth-order valence-corrected chi connectivity index (χ4v) is 5.04. The topological polar surface area (TPSA) is 53.5 Å². The Labute approximate surface area is 180 Å². The van der Waals surface area contributed by atoms with Gasteiger partial charge in [0.15, 0.2) is 16.6 Å². The Kier molecular flexibility index (Phi) is 9.79. The predicted molar refractivity (Wildman–Crippen MR) is 130 cm³/mol. The lowest BCUT2D eigenvalue weighted by Gasteiger charge is -2.43. The van der Waals surface area contributed by atoms with E-state index in [4.69, 9.17) is 8.85 Å². The highest BCUT2D eigenvalue weighted by molar-refractivity contribution is 7.90. The van der Waals surface area contributed by atoms with Crippen molar-refractivity contribution in [1.82, 2.24) is 4.72 Å². The molecule has 4 nitrogen and oxygen atoms in total. The first-order chi connectivity index (χ1) is 12.2. The Morgan fingerprint density at radius 1 is 0.929 bits per heavy atom. The maximum atomic E-state index is 12.7. The second kappa shape index (κ2) is 9.66. The monoisotopic (exact) mass is 449 g/mol. The molecule has 0 fully saturated rings. The van der Waals surface area contributed by atoms with E-state index in [9.17, 15) is 4.55 Å². The first-order valence-corrected chi connectivity index (χ1v) is 17.2. The summed E-state index contributed by atoms with van der Waals surface area (Å²) in [7, 11) is -3.96. The van der Waals surface area contributed by atoms with Crippen molar-refractivity contribution in [2.24, 2.45) is 0 Å². The molecule has 0 aliphatic heterocycles. The summed E-state index contributed by atoms with van der Waals surface area (Å²) in [5.74, 6) is 0. The normalized spacial score (nSPS) is 17.9. The van der Waals surface area contributed by atoms with Crippen LogP contribution in [-0.2, 0) is 20.2 Å². The van der Waals surface area contributed by atoms with E-state index in [2.05, 4.69) is 79.0 Å². The predicted octanol–water partition coefficient (Wildman–Crippen LogP) is 6.01. The molecule has 0 aliphatic carbocycles. The first kappa shape index (κ1) is 28.4. The third kappa shape index (κ3) is 8.24. The molecule has 7 heteroatoms. The summed E-state index contributed by atoms with van der Waals surface area (Å²) in [5.41, 5.74) is 0. The molecule has 0 aromatic rings. The fraction of sp³-hybridized carbons (Fsp3) is 0.905. The minimum Gasteiger partial charge on any atom is -0.598 e. The van der Waals surface area contributed by atoms with Gasteiger partial charge in [-0.25, -0.2) is 0 Å². The largest absolute Gasteiger partial charge is 0.598 e. The summed E-state index contributed by atoms with van der Waals surface area (Å²) in [6.07, 6.45) is 1.59. The quantitative estimate of drug-likeness (QED) is 0.266. The molecular formula is C21H47NO3SSi2. The van der Waals surface area contributed by atoms with Crippen molar-refractivity contribution in [2.75, 3.05) is 6.61 Å². The van der Waals surface area contributed by atoms with E-state index in [0.29, 0.717) is 6.61 Å². The van der Waals surface area contributed by atoms with Gasteiger partial charge in [0.25, 0.3) is 0 Å². The molecule has 0 saturated heterocycles. The Morgan fingerprint density at radius 3 is 1.68 bits per heavy atom. The third-order valence-electron chi connectivity index (χ3n) is 6.12. The molecule has 0 bridgehead atoms. The van der Waals surface area contributed by atoms with Gasteiger partial charge < -0.3 is 13.4 Å². The molecule has 0 saturated carbocycles. The van der Waals surface area contributed by atoms with Crippen molar-refractivity contribution in [1.29, 1.82) is 0 Å². The van der Waals surface area contributed by atoms with E-state index >= 15 is 0 Å². The van der Waals surface area contributed by atoms with Gasteiger partial charge in [-0.2, -0.15) is 0 Å². The van der Waals surface area contributed by atoms with Crippen LogP contribution in [0.25, 0.3) is 0 Å². The van der Waals surface area contributed by atoms with Gasteiger partial charge >= 0.3 is 0 Å². The number of hydrogen-bond acceptors (Lipinski definition) is 4. The highest BCUT2D eigenvalue weighted by Gasteiger charge is 2.43. The maximum absolute atomic E-state index is 12.7. The minimum atomic E-state index is -2.04. The maximum Gasteiger partial charge on any atom is 0.192 e. The molecule has 1 unspecified atom stereocenters. The summed E-state index contributed by atoms with van der Waals surface area (Å²) in [4.78, 5) is 0. The molecule has 0 aliphatic rings. The number of nitrogens with one attached hydrogen (secondary N) is 1. The van der Waals surface area contributed by atoms with E-state index in [1.807, 2.05) is 26.8 Å². The molecule has 3 atom stereocenters. The number of hydrogen-bond donors (Lipinski definition) is 1. The minimum absolute atomic E-state index is 0.0805. The van der Waals surface area contributed by atoms with Crippen LogP contribution in [0.15, 0.2) is 12.7 Å². The van der Waals surface area contributed by atoms with E-state index in [1.54, 1.807) is 0 Å². The average Bonchev–Trinajstić information content (AvgIpc) is 2.45. The molecule has 168 valence electrons.